The van der Waals surface area contributed by atoms with Gasteiger partial charge in [-0.1, -0.05) is 0 Å². The van der Waals surface area contributed by atoms with Gasteiger partial charge in [0.05, 0.1) is 7.11 Å². The zero-order chi connectivity index (χ0) is 9.14. The van der Waals surface area contributed by atoms with Crippen LogP contribution in [0.3, 0.4) is 0 Å². The minimum atomic E-state index is -1.53. The Hall–Kier alpha value is -1.07. The molecule has 4 nitrogen and oxygen atoms in total. The zero-order valence-corrected chi connectivity index (χ0v) is 6.98. The highest BCUT2D eigenvalue weighted by Crippen LogP contribution is 2.11. The summed E-state index contributed by atoms with van der Waals surface area (Å²) in [6, 6.07) is 0. The Morgan fingerprint density at radius 2 is 2.08 bits per heavy atom. The smallest absolute Gasteiger partial charge is 0.493 e. The normalized spacial score (nSPS) is 9.67. The molecule has 1 aromatic heterocycles. The molecule has 0 radical (unpaired) electrons. The van der Waals surface area contributed by atoms with Crippen LogP contribution in [0, 0.1) is 6.92 Å². The number of methoxy groups -OCH3 is 1. The molecule has 0 amide bonds. The molecule has 0 spiro atoms. The van der Waals surface area contributed by atoms with Crippen LogP contribution in [0.1, 0.15) is 5.56 Å². The van der Waals surface area contributed by atoms with Gasteiger partial charge in [-0.05, 0) is 6.92 Å². The lowest BCUT2D eigenvalue weighted by Crippen LogP contribution is -2.32. The van der Waals surface area contributed by atoms with Crippen molar-refractivity contribution in [2.45, 2.75) is 6.92 Å². The Bertz CT molecular complexity index is 277. The van der Waals surface area contributed by atoms with Gasteiger partial charge in [-0.25, -0.2) is 0 Å². The van der Waals surface area contributed by atoms with Crippen molar-refractivity contribution < 1.29 is 14.8 Å². The van der Waals surface area contributed by atoms with E-state index in [1.807, 2.05) is 0 Å². The summed E-state index contributed by atoms with van der Waals surface area (Å²) in [6.07, 6.45) is 2.97. The van der Waals surface area contributed by atoms with Crippen LogP contribution in [-0.2, 0) is 0 Å². The van der Waals surface area contributed by atoms with Crippen molar-refractivity contribution >= 4 is 12.6 Å². The number of ether oxygens (including phenoxy) is 1. The molecule has 0 atom stereocenters. The number of aryl methyl sites for hydroxylation is 1. The predicted molar refractivity (Wildman–Crippen MR) is 45.4 cm³/mol. The number of pyridine rings is 1. The topological polar surface area (TPSA) is 62.6 Å². The maximum Gasteiger partial charge on any atom is 0.493 e. The average molecular weight is 167 g/mol. The second-order valence-corrected chi connectivity index (χ2v) is 2.45. The highest BCUT2D eigenvalue weighted by molar-refractivity contribution is 6.59. The van der Waals surface area contributed by atoms with E-state index in [4.69, 9.17) is 14.8 Å². The number of hydrogen-bond acceptors (Lipinski definition) is 4. The zero-order valence-electron chi connectivity index (χ0n) is 6.98. The highest BCUT2D eigenvalue weighted by Gasteiger charge is 2.18. The van der Waals surface area contributed by atoms with E-state index < -0.39 is 7.12 Å². The Morgan fingerprint density at radius 1 is 1.42 bits per heavy atom. The van der Waals surface area contributed by atoms with Crippen LogP contribution in [-0.4, -0.2) is 29.3 Å². The summed E-state index contributed by atoms with van der Waals surface area (Å²) in [5, 5.41) is 17.8. The van der Waals surface area contributed by atoms with E-state index in [0.717, 1.165) is 5.56 Å². The van der Waals surface area contributed by atoms with Crippen LogP contribution in [0.15, 0.2) is 12.4 Å². The number of rotatable bonds is 2. The lowest BCUT2D eigenvalue weighted by Gasteiger charge is -2.08. The largest absolute Gasteiger partial charge is 0.497 e. The van der Waals surface area contributed by atoms with Gasteiger partial charge in [-0.3, -0.25) is 4.98 Å². The molecule has 0 saturated carbocycles. The van der Waals surface area contributed by atoms with Crippen molar-refractivity contribution in [3.63, 3.8) is 0 Å². The second-order valence-electron chi connectivity index (χ2n) is 2.45. The molecule has 2 N–H and O–H groups in total. The molecule has 0 fully saturated rings. The van der Waals surface area contributed by atoms with E-state index in [2.05, 4.69) is 4.98 Å². The summed E-state index contributed by atoms with van der Waals surface area (Å²) < 4.78 is 4.98. The van der Waals surface area contributed by atoms with Gasteiger partial charge in [0.1, 0.15) is 5.75 Å². The monoisotopic (exact) mass is 167 g/mol. The number of nitrogens with zero attached hydrogens (tertiary/aromatic N) is 1. The quantitative estimate of drug-likeness (QED) is 0.559. The lowest BCUT2D eigenvalue weighted by atomic mass is 9.80. The SMILES string of the molecule is COc1c(C)cncc1B(O)O. The molecule has 0 saturated heterocycles. The maximum absolute atomic E-state index is 8.90. The molecule has 0 aromatic carbocycles. The second kappa shape index (κ2) is 3.56. The molecule has 12 heavy (non-hydrogen) atoms. The molecule has 5 heteroatoms. The van der Waals surface area contributed by atoms with Crippen molar-refractivity contribution in [1.82, 2.24) is 4.98 Å². The Labute approximate surface area is 71.0 Å². The van der Waals surface area contributed by atoms with Crippen LogP contribution < -0.4 is 10.2 Å². The van der Waals surface area contributed by atoms with Crippen LogP contribution in [0.25, 0.3) is 0 Å². The molecule has 1 aromatic rings. The van der Waals surface area contributed by atoms with E-state index in [0.29, 0.717) is 5.75 Å². The Kier molecular flexibility index (Phi) is 2.67. The molecule has 0 aliphatic heterocycles. The fourth-order valence-electron chi connectivity index (χ4n) is 1.04. The fraction of sp³-hybridized carbons (Fsp3) is 0.286. The van der Waals surface area contributed by atoms with Gasteiger partial charge < -0.3 is 14.8 Å². The van der Waals surface area contributed by atoms with Crippen molar-refractivity contribution in [2.75, 3.05) is 7.11 Å². The van der Waals surface area contributed by atoms with Gasteiger partial charge in [0.25, 0.3) is 0 Å². The van der Waals surface area contributed by atoms with Gasteiger partial charge in [0.2, 0.25) is 0 Å². The first-order chi connectivity index (χ1) is 5.66. The van der Waals surface area contributed by atoms with Crippen LogP contribution in [0.5, 0.6) is 5.75 Å². The number of hydrogen-bond donors (Lipinski definition) is 2. The third-order valence-corrected chi connectivity index (χ3v) is 1.58. The van der Waals surface area contributed by atoms with Gasteiger partial charge in [0, 0.05) is 23.4 Å². The van der Waals surface area contributed by atoms with E-state index in [9.17, 15) is 0 Å². The molecular weight excluding hydrogens is 157 g/mol. The fourth-order valence-corrected chi connectivity index (χ4v) is 1.04. The van der Waals surface area contributed by atoms with Gasteiger partial charge in [-0.15, -0.1) is 0 Å². The summed E-state index contributed by atoms with van der Waals surface area (Å²) in [5.41, 5.74) is 1.07. The first-order valence-corrected chi connectivity index (χ1v) is 3.51. The summed E-state index contributed by atoms with van der Waals surface area (Å²) >= 11 is 0. The molecule has 0 bridgehead atoms. The van der Waals surface area contributed by atoms with Crippen LogP contribution in [0.4, 0.5) is 0 Å². The first kappa shape index (κ1) is 9.03. The van der Waals surface area contributed by atoms with Crippen LogP contribution >= 0.6 is 0 Å². The molecule has 1 heterocycles. The van der Waals surface area contributed by atoms with Gasteiger partial charge >= 0.3 is 7.12 Å². The minimum absolute atomic E-state index is 0.289. The van der Waals surface area contributed by atoms with Crippen molar-refractivity contribution in [1.29, 1.82) is 0 Å². The third kappa shape index (κ3) is 1.57. The highest BCUT2D eigenvalue weighted by atomic mass is 16.5. The number of aromatic nitrogens is 1. The predicted octanol–water partition coefficient (Wildman–Crippen LogP) is -0.922. The summed E-state index contributed by atoms with van der Waals surface area (Å²) in [7, 11) is -0.0545. The molecule has 64 valence electrons. The van der Waals surface area contributed by atoms with E-state index >= 15 is 0 Å². The average Bonchev–Trinajstić information content (AvgIpc) is 2.03. The molecular formula is C7H10BNO3. The Balaban J connectivity index is 3.18. The maximum atomic E-state index is 8.90. The summed E-state index contributed by atoms with van der Waals surface area (Å²) in [4.78, 5) is 3.81. The molecule has 0 aliphatic carbocycles. The van der Waals surface area contributed by atoms with Crippen molar-refractivity contribution in [3.05, 3.63) is 18.0 Å². The van der Waals surface area contributed by atoms with Gasteiger partial charge in [-0.2, -0.15) is 0 Å². The van der Waals surface area contributed by atoms with E-state index in [-0.39, 0.29) is 5.46 Å². The Morgan fingerprint density at radius 3 is 2.50 bits per heavy atom. The third-order valence-electron chi connectivity index (χ3n) is 1.58. The lowest BCUT2D eigenvalue weighted by molar-refractivity contribution is 0.400. The van der Waals surface area contributed by atoms with Crippen molar-refractivity contribution in [2.24, 2.45) is 0 Å². The molecule has 0 unspecified atom stereocenters. The summed E-state index contributed by atoms with van der Waals surface area (Å²) in [5.74, 6) is 0.472. The van der Waals surface area contributed by atoms with E-state index in [1.54, 1.807) is 13.1 Å². The standard InChI is InChI=1S/C7H10BNO3/c1-5-3-9-4-6(8(10)11)7(5)12-2/h3-4,10-11H,1-2H3. The molecule has 1 rings (SSSR count). The van der Waals surface area contributed by atoms with E-state index in [1.165, 1.54) is 13.3 Å². The molecule has 0 aliphatic rings. The summed E-state index contributed by atoms with van der Waals surface area (Å²) in [6.45, 7) is 1.79. The van der Waals surface area contributed by atoms with Gasteiger partial charge in [0.15, 0.2) is 0 Å². The van der Waals surface area contributed by atoms with Crippen LogP contribution in [0.2, 0.25) is 0 Å². The first-order valence-electron chi connectivity index (χ1n) is 3.51. The minimum Gasteiger partial charge on any atom is -0.497 e. The van der Waals surface area contributed by atoms with Crippen molar-refractivity contribution in [3.8, 4) is 5.75 Å².